The summed E-state index contributed by atoms with van der Waals surface area (Å²) in [5.74, 6) is -1.48. The van der Waals surface area contributed by atoms with Crippen LogP contribution in [0.5, 0.6) is 17.2 Å². The van der Waals surface area contributed by atoms with Gasteiger partial charge in [0.1, 0.15) is 17.3 Å². The number of benzene rings is 2. The van der Waals surface area contributed by atoms with Crippen molar-refractivity contribution in [3.8, 4) is 17.2 Å². The van der Waals surface area contributed by atoms with Gasteiger partial charge >= 0.3 is 0 Å². The molecule has 7 nitrogen and oxygen atoms in total. The lowest BCUT2D eigenvalue weighted by atomic mass is 9.94. The molecular weight excluding hydrogens is 429 g/mol. The second-order valence-electron chi connectivity index (χ2n) is 8.10. The highest BCUT2D eigenvalue weighted by Gasteiger charge is 2.49. The van der Waals surface area contributed by atoms with Crippen LogP contribution in [0.4, 0.5) is 4.39 Å². The summed E-state index contributed by atoms with van der Waals surface area (Å²) in [5, 5.41) is 11.2. The Balaban J connectivity index is 1.95. The predicted octanol–water partition coefficient (Wildman–Crippen LogP) is 4.22. The zero-order valence-corrected chi connectivity index (χ0v) is 18.8. The molecule has 1 atom stereocenters. The third-order valence-electron chi connectivity index (χ3n) is 6.34. The molecule has 4 rings (SSSR count). The van der Waals surface area contributed by atoms with Crippen molar-refractivity contribution in [1.29, 1.82) is 0 Å². The first-order chi connectivity index (χ1) is 15.9. The minimum atomic E-state index is -0.860. The fraction of sp³-hybridized carbons (Fsp3) is 0.360. The van der Waals surface area contributed by atoms with Crippen LogP contribution < -0.4 is 14.2 Å². The van der Waals surface area contributed by atoms with E-state index < -0.39 is 29.3 Å². The fourth-order valence-corrected chi connectivity index (χ4v) is 4.77. The quantitative estimate of drug-likeness (QED) is 0.399. The van der Waals surface area contributed by atoms with Crippen LogP contribution in [0.3, 0.4) is 0 Å². The number of hydrogen-bond donors (Lipinski definition) is 1. The molecule has 0 spiro atoms. The molecule has 2 aromatic rings. The first-order valence-corrected chi connectivity index (χ1v) is 10.8. The van der Waals surface area contributed by atoms with Gasteiger partial charge in [0, 0.05) is 6.04 Å². The molecular formula is C25H26FNO6. The normalized spacial score (nSPS) is 20.4. The number of rotatable bonds is 6. The van der Waals surface area contributed by atoms with E-state index in [1.165, 1.54) is 33.5 Å². The van der Waals surface area contributed by atoms with Crippen LogP contribution in [-0.2, 0) is 9.59 Å². The third kappa shape index (κ3) is 3.90. The molecule has 1 saturated carbocycles. The Bertz CT molecular complexity index is 1120. The first kappa shape index (κ1) is 22.6. The fourth-order valence-electron chi connectivity index (χ4n) is 4.77. The zero-order valence-electron chi connectivity index (χ0n) is 18.8. The van der Waals surface area contributed by atoms with Gasteiger partial charge in [-0.05, 0) is 48.7 Å². The maximum atomic E-state index is 14.0. The van der Waals surface area contributed by atoms with Gasteiger partial charge in [-0.2, -0.15) is 0 Å². The Morgan fingerprint density at radius 2 is 1.58 bits per heavy atom. The van der Waals surface area contributed by atoms with Crippen LogP contribution in [0, 0.1) is 5.82 Å². The maximum Gasteiger partial charge on any atom is 0.295 e. The molecule has 1 amide bonds. The van der Waals surface area contributed by atoms with Crippen LogP contribution in [0.25, 0.3) is 5.76 Å². The Labute approximate surface area is 191 Å². The second kappa shape index (κ2) is 9.13. The Morgan fingerprint density at radius 3 is 2.21 bits per heavy atom. The van der Waals surface area contributed by atoms with Crippen molar-refractivity contribution in [3.63, 3.8) is 0 Å². The second-order valence-corrected chi connectivity index (χ2v) is 8.10. The first-order valence-electron chi connectivity index (χ1n) is 10.8. The molecule has 1 saturated heterocycles. The van der Waals surface area contributed by atoms with E-state index in [2.05, 4.69) is 0 Å². The molecule has 1 unspecified atom stereocenters. The minimum absolute atomic E-state index is 0.00685. The molecule has 1 aliphatic heterocycles. The van der Waals surface area contributed by atoms with Crippen LogP contribution in [0.2, 0.25) is 0 Å². The van der Waals surface area contributed by atoms with Gasteiger partial charge in [-0.25, -0.2) is 4.39 Å². The Morgan fingerprint density at radius 1 is 0.939 bits per heavy atom. The molecule has 2 aliphatic rings. The van der Waals surface area contributed by atoms with Crippen LogP contribution in [-0.4, -0.2) is 49.1 Å². The van der Waals surface area contributed by atoms with E-state index in [1.54, 1.807) is 23.1 Å². The van der Waals surface area contributed by atoms with Gasteiger partial charge in [-0.3, -0.25) is 9.59 Å². The number of amides is 1. The molecule has 8 heteroatoms. The summed E-state index contributed by atoms with van der Waals surface area (Å²) < 4.78 is 30.1. The van der Waals surface area contributed by atoms with Gasteiger partial charge in [-0.1, -0.05) is 18.9 Å². The van der Waals surface area contributed by atoms with Crippen molar-refractivity contribution < 1.29 is 33.3 Å². The lowest BCUT2D eigenvalue weighted by Gasteiger charge is -2.31. The van der Waals surface area contributed by atoms with Crippen LogP contribution >= 0.6 is 0 Å². The summed E-state index contributed by atoms with van der Waals surface area (Å²) in [4.78, 5) is 28.0. The number of methoxy groups -OCH3 is 3. The maximum absolute atomic E-state index is 14.0. The highest BCUT2D eigenvalue weighted by atomic mass is 19.1. The van der Waals surface area contributed by atoms with Crippen molar-refractivity contribution in [2.75, 3.05) is 21.3 Å². The van der Waals surface area contributed by atoms with Gasteiger partial charge in [0.15, 0.2) is 11.5 Å². The molecule has 33 heavy (non-hydrogen) atoms. The van der Waals surface area contributed by atoms with Crippen molar-refractivity contribution in [2.45, 2.75) is 37.8 Å². The van der Waals surface area contributed by atoms with E-state index in [-0.39, 0.29) is 22.9 Å². The molecule has 1 heterocycles. The van der Waals surface area contributed by atoms with E-state index in [1.807, 2.05) is 0 Å². The van der Waals surface area contributed by atoms with Crippen LogP contribution in [0.15, 0.2) is 42.0 Å². The largest absolute Gasteiger partial charge is 0.507 e. The Hall–Kier alpha value is -3.55. The molecule has 0 bridgehead atoms. The number of ether oxygens (including phenoxy) is 3. The molecule has 2 fully saturated rings. The van der Waals surface area contributed by atoms with Gasteiger partial charge in [0.2, 0.25) is 0 Å². The molecule has 174 valence electrons. The zero-order chi connectivity index (χ0) is 23.7. The lowest BCUT2D eigenvalue weighted by Crippen LogP contribution is -2.37. The van der Waals surface area contributed by atoms with Gasteiger partial charge in [0.25, 0.3) is 11.7 Å². The summed E-state index contributed by atoms with van der Waals surface area (Å²) in [7, 11) is 4.39. The summed E-state index contributed by atoms with van der Waals surface area (Å²) in [6, 6.07) is 7.75. The third-order valence-corrected chi connectivity index (χ3v) is 6.34. The molecule has 2 aromatic carbocycles. The SMILES string of the molecule is COc1ccc(C2/C(=C(\O)c3cc(F)ccc3OC)C(=O)C(=O)N2C2CCCC2)cc1OC. The topological polar surface area (TPSA) is 85.3 Å². The standard InChI is InChI=1S/C25H26FNO6/c1-31-18-11-9-15(26)13-17(18)23(28)21-22(14-8-10-19(32-2)20(12-14)33-3)27(25(30)24(21)29)16-6-4-5-7-16/h8-13,16,22,28H,4-7H2,1-3H3/b23-21+. The van der Waals surface area contributed by atoms with Crippen molar-refractivity contribution in [1.82, 2.24) is 4.90 Å². The van der Waals surface area contributed by atoms with Crippen molar-refractivity contribution in [3.05, 3.63) is 58.9 Å². The monoisotopic (exact) mass is 455 g/mol. The van der Waals surface area contributed by atoms with E-state index in [0.717, 1.165) is 31.7 Å². The van der Waals surface area contributed by atoms with E-state index in [0.29, 0.717) is 17.1 Å². The number of halogens is 1. The highest BCUT2D eigenvalue weighted by Crippen LogP contribution is 2.45. The summed E-state index contributed by atoms with van der Waals surface area (Å²) in [6.45, 7) is 0. The number of carbonyl (C=O) groups excluding carboxylic acids is 2. The average molecular weight is 455 g/mol. The lowest BCUT2D eigenvalue weighted by molar-refractivity contribution is -0.141. The van der Waals surface area contributed by atoms with Gasteiger partial charge < -0.3 is 24.2 Å². The smallest absolute Gasteiger partial charge is 0.295 e. The Kier molecular flexibility index (Phi) is 6.26. The predicted molar refractivity (Wildman–Crippen MR) is 119 cm³/mol. The highest BCUT2D eigenvalue weighted by molar-refractivity contribution is 6.46. The average Bonchev–Trinajstić information content (AvgIpc) is 3.44. The number of nitrogens with zero attached hydrogens (tertiary/aromatic N) is 1. The summed E-state index contributed by atoms with van der Waals surface area (Å²) in [5.41, 5.74) is 0.478. The number of aliphatic hydroxyl groups is 1. The molecule has 0 aromatic heterocycles. The van der Waals surface area contributed by atoms with E-state index in [4.69, 9.17) is 14.2 Å². The number of hydrogen-bond acceptors (Lipinski definition) is 6. The summed E-state index contributed by atoms with van der Waals surface area (Å²) >= 11 is 0. The number of likely N-dealkylation sites (tertiary alicyclic amines) is 1. The molecule has 0 radical (unpaired) electrons. The number of Topliss-reactive ketones (excluding diaryl/α,β-unsaturated/α-hetero) is 1. The summed E-state index contributed by atoms with van der Waals surface area (Å²) in [6.07, 6.45) is 3.42. The minimum Gasteiger partial charge on any atom is -0.507 e. The van der Waals surface area contributed by atoms with Gasteiger partial charge in [-0.15, -0.1) is 0 Å². The van der Waals surface area contributed by atoms with Crippen LogP contribution in [0.1, 0.15) is 42.9 Å². The van der Waals surface area contributed by atoms with E-state index >= 15 is 0 Å². The molecule has 1 aliphatic carbocycles. The number of aliphatic hydroxyl groups excluding tert-OH is 1. The number of carbonyl (C=O) groups is 2. The van der Waals surface area contributed by atoms with Crippen molar-refractivity contribution >= 4 is 17.4 Å². The molecule has 1 N–H and O–H groups in total. The number of ketones is 1. The van der Waals surface area contributed by atoms with Crippen molar-refractivity contribution in [2.24, 2.45) is 0 Å². The van der Waals surface area contributed by atoms with Gasteiger partial charge in [0.05, 0.1) is 38.5 Å². The van der Waals surface area contributed by atoms with E-state index in [9.17, 15) is 19.1 Å².